The van der Waals surface area contributed by atoms with Crippen LogP contribution in [0.15, 0.2) is 15.9 Å². The van der Waals surface area contributed by atoms with Gasteiger partial charge >= 0.3 is 0 Å². The van der Waals surface area contributed by atoms with Crippen molar-refractivity contribution in [1.82, 2.24) is 10.2 Å². The monoisotopic (exact) mass is 358 g/mol. The van der Waals surface area contributed by atoms with Crippen molar-refractivity contribution >= 4 is 39.1 Å². The molecule has 1 atom stereocenters. The van der Waals surface area contributed by atoms with E-state index in [4.69, 9.17) is 0 Å². The molecule has 0 spiro atoms. The number of halogens is 1. The Morgan fingerprint density at radius 2 is 2.00 bits per heavy atom. The molecule has 0 aliphatic carbocycles. The molecule has 0 bridgehead atoms. The number of carbonyl (C=O) groups is 2. The highest BCUT2D eigenvalue weighted by Crippen LogP contribution is 2.33. The minimum Gasteiger partial charge on any atom is -0.340 e. The summed E-state index contributed by atoms with van der Waals surface area (Å²) in [6.45, 7) is 7.72. The summed E-state index contributed by atoms with van der Waals surface area (Å²) >= 11 is 5.07. The minimum absolute atomic E-state index is 0.0400. The molecule has 1 aliphatic rings. The van der Waals surface area contributed by atoms with Gasteiger partial charge in [0.25, 0.3) is 0 Å². The third-order valence-electron chi connectivity index (χ3n) is 3.97. The first kappa shape index (κ1) is 15.5. The van der Waals surface area contributed by atoms with E-state index < -0.39 is 11.1 Å². The summed E-state index contributed by atoms with van der Waals surface area (Å²) in [5.74, 6) is -0.126. The normalized spacial score (nSPS) is 25.8. The Morgan fingerprint density at radius 3 is 2.50 bits per heavy atom. The number of hydrogen-bond acceptors (Lipinski definition) is 3. The lowest BCUT2D eigenvalue weighted by Crippen LogP contribution is -2.72. The average molecular weight is 359 g/mol. The predicted molar refractivity (Wildman–Crippen MR) is 83.5 cm³/mol. The summed E-state index contributed by atoms with van der Waals surface area (Å²) < 4.78 is 0.984. The van der Waals surface area contributed by atoms with E-state index in [0.29, 0.717) is 13.0 Å². The molecular formula is C14H19BrN2O2S. The standard InChI is InChI=1S/C14H19BrN2O2S/c1-5-14(4)11(18)16-13(2,3)12(19)17(14)8-10-9(15)6-7-20-10/h6-7H,5,8H2,1-4H3,(H,16,18). The third kappa shape index (κ3) is 2.39. The van der Waals surface area contributed by atoms with E-state index in [9.17, 15) is 9.59 Å². The molecule has 1 N–H and O–H groups in total. The van der Waals surface area contributed by atoms with Gasteiger partial charge in [-0.15, -0.1) is 11.3 Å². The number of carbonyl (C=O) groups excluding carboxylic acids is 2. The SMILES string of the molecule is CCC1(C)C(=O)NC(C)(C)C(=O)N1Cc1sccc1Br. The molecule has 2 amide bonds. The summed E-state index contributed by atoms with van der Waals surface area (Å²) in [5.41, 5.74) is -1.65. The van der Waals surface area contributed by atoms with Gasteiger partial charge < -0.3 is 10.2 Å². The molecule has 110 valence electrons. The fourth-order valence-electron chi connectivity index (χ4n) is 2.34. The van der Waals surface area contributed by atoms with E-state index in [2.05, 4.69) is 21.2 Å². The lowest BCUT2D eigenvalue weighted by Gasteiger charge is -2.48. The molecule has 1 aromatic rings. The van der Waals surface area contributed by atoms with Gasteiger partial charge in [-0.3, -0.25) is 9.59 Å². The summed E-state index contributed by atoms with van der Waals surface area (Å²) in [6, 6.07) is 1.96. The highest BCUT2D eigenvalue weighted by molar-refractivity contribution is 9.10. The Kier molecular flexibility index (Phi) is 3.99. The number of nitrogens with one attached hydrogen (secondary N) is 1. The van der Waals surface area contributed by atoms with E-state index in [-0.39, 0.29) is 11.8 Å². The quantitative estimate of drug-likeness (QED) is 0.902. The van der Waals surface area contributed by atoms with Crippen molar-refractivity contribution in [2.75, 3.05) is 0 Å². The number of rotatable bonds is 3. The number of piperazine rings is 1. The van der Waals surface area contributed by atoms with E-state index in [0.717, 1.165) is 9.35 Å². The van der Waals surface area contributed by atoms with Crippen molar-refractivity contribution in [3.8, 4) is 0 Å². The fourth-order valence-corrected chi connectivity index (χ4v) is 3.80. The largest absolute Gasteiger partial charge is 0.340 e. The van der Waals surface area contributed by atoms with Crippen molar-refractivity contribution in [2.45, 2.75) is 51.7 Å². The smallest absolute Gasteiger partial charge is 0.248 e. The molecule has 0 aromatic carbocycles. The van der Waals surface area contributed by atoms with Crippen molar-refractivity contribution in [3.05, 3.63) is 20.8 Å². The van der Waals surface area contributed by atoms with Crippen molar-refractivity contribution in [1.29, 1.82) is 0 Å². The summed E-state index contributed by atoms with van der Waals surface area (Å²) in [4.78, 5) is 27.9. The van der Waals surface area contributed by atoms with Gasteiger partial charge in [-0.25, -0.2) is 0 Å². The number of thiophene rings is 1. The van der Waals surface area contributed by atoms with E-state index in [1.165, 1.54) is 0 Å². The van der Waals surface area contributed by atoms with E-state index in [1.807, 2.05) is 25.3 Å². The van der Waals surface area contributed by atoms with Crippen LogP contribution in [0.1, 0.15) is 39.0 Å². The van der Waals surface area contributed by atoms with Crippen LogP contribution >= 0.6 is 27.3 Å². The maximum Gasteiger partial charge on any atom is 0.248 e. The molecule has 1 fully saturated rings. The van der Waals surface area contributed by atoms with Crippen LogP contribution in [0.3, 0.4) is 0 Å². The number of nitrogens with zero attached hydrogens (tertiary/aromatic N) is 1. The molecular weight excluding hydrogens is 340 g/mol. The van der Waals surface area contributed by atoms with Crippen LogP contribution < -0.4 is 5.32 Å². The Bertz CT molecular complexity index is 555. The van der Waals surface area contributed by atoms with Crippen LogP contribution in [-0.2, 0) is 16.1 Å². The lowest BCUT2D eigenvalue weighted by molar-refractivity contribution is -0.161. The Hall–Kier alpha value is -0.880. The van der Waals surface area contributed by atoms with Crippen molar-refractivity contribution in [2.24, 2.45) is 0 Å². The van der Waals surface area contributed by atoms with Gasteiger partial charge in [0.15, 0.2) is 0 Å². The van der Waals surface area contributed by atoms with Crippen LogP contribution in [0.2, 0.25) is 0 Å². The Balaban J connectivity index is 2.41. The average Bonchev–Trinajstić information content (AvgIpc) is 2.77. The summed E-state index contributed by atoms with van der Waals surface area (Å²) in [6.07, 6.45) is 0.587. The lowest BCUT2D eigenvalue weighted by atomic mass is 9.86. The Morgan fingerprint density at radius 1 is 1.35 bits per heavy atom. The van der Waals surface area contributed by atoms with Crippen LogP contribution in [0, 0.1) is 0 Å². The molecule has 4 nitrogen and oxygen atoms in total. The van der Waals surface area contributed by atoms with Gasteiger partial charge in [0.2, 0.25) is 11.8 Å². The Labute approximate surface area is 131 Å². The van der Waals surface area contributed by atoms with Gasteiger partial charge in [-0.1, -0.05) is 6.92 Å². The molecule has 1 unspecified atom stereocenters. The molecule has 2 rings (SSSR count). The number of hydrogen-bond donors (Lipinski definition) is 1. The van der Waals surface area contributed by atoms with Crippen molar-refractivity contribution in [3.63, 3.8) is 0 Å². The van der Waals surface area contributed by atoms with Crippen LogP contribution in [0.5, 0.6) is 0 Å². The van der Waals surface area contributed by atoms with Gasteiger partial charge in [0.05, 0.1) is 6.54 Å². The zero-order chi connectivity index (χ0) is 15.1. The van der Waals surface area contributed by atoms with Crippen LogP contribution in [-0.4, -0.2) is 27.8 Å². The first-order chi connectivity index (χ1) is 9.22. The van der Waals surface area contributed by atoms with E-state index in [1.54, 1.807) is 30.1 Å². The molecule has 2 heterocycles. The first-order valence-electron chi connectivity index (χ1n) is 6.59. The molecule has 1 aliphatic heterocycles. The second-order valence-corrected chi connectivity index (χ2v) is 7.64. The zero-order valence-corrected chi connectivity index (χ0v) is 14.5. The predicted octanol–water partition coefficient (Wildman–Crippen LogP) is 2.92. The van der Waals surface area contributed by atoms with Crippen LogP contribution in [0.4, 0.5) is 0 Å². The number of amides is 2. The molecule has 1 aromatic heterocycles. The van der Waals surface area contributed by atoms with E-state index >= 15 is 0 Å². The minimum atomic E-state index is -0.852. The maximum absolute atomic E-state index is 12.7. The second-order valence-electron chi connectivity index (χ2n) is 5.79. The molecule has 20 heavy (non-hydrogen) atoms. The molecule has 1 saturated heterocycles. The zero-order valence-electron chi connectivity index (χ0n) is 12.1. The van der Waals surface area contributed by atoms with Gasteiger partial charge in [0, 0.05) is 9.35 Å². The van der Waals surface area contributed by atoms with Gasteiger partial charge in [-0.2, -0.15) is 0 Å². The molecule has 6 heteroatoms. The topological polar surface area (TPSA) is 49.4 Å². The van der Waals surface area contributed by atoms with Crippen LogP contribution in [0.25, 0.3) is 0 Å². The fraction of sp³-hybridized carbons (Fsp3) is 0.571. The van der Waals surface area contributed by atoms with Gasteiger partial charge in [-0.05, 0) is 54.6 Å². The van der Waals surface area contributed by atoms with Crippen molar-refractivity contribution < 1.29 is 9.59 Å². The summed E-state index contributed by atoms with van der Waals surface area (Å²) in [7, 11) is 0. The maximum atomic E-state index is 12.7. The second kappa shape index (κ2) is 5.15. The molecule has 0 radical (unpaired) electrons. The molecule has 0 saturated carbocycles. The highest BCUT2D eigenvalue weighted by atomic mass is 79.9. The summed E-state index contributed by atoms with van der Waals surface area (Å²) in [5, 5.41) is 4.81. The first-order valence-corrected chi connectivity index (χ1v) is 8.26. The highest BCUT2D eigenvalue weighted by Gasteiger charge is 2.51. The van der Waals surface area contributed by atoms with Gasteiger partial charge in [0.1, 0.15) is 11.1 Å². The third-order valence-corrected chi connectivity index (χ3v) is 5.88.